The summed E-state index contributed by atoms with van der Waals surface area (Å²) in [6.07, 6.45) is 4.93. The maximum atomic E-state index is 4.93. The fraction of sp³-hybridized carbons (Fsp3) is 0.0270. The van der Waals surface area contributed by atoms with Crippen LogP contribution in [0.3, 0.4) is 0 Å². The summed E-state index contributed by atoms with van der Waals surface area (Å²) in [4.78, 5) is 0. The van der Waals surface area contributed by atoms with Gasteiger partial charge in [-0.2, -0.15) is 0 Å². The molecule has 0 spiro atoms. The van der Waals surface area contributed by atoms with Gasteiger partial charge in [-0.25, -0.2) is 0 Å². The molecule has 0 heteroatoms. The lowest BCUT2D eigenvalue weighted by Gasteiger charge is -1.57. The fourth-order valence-electron chi connectivity index (χ4n) is 1.07. The minimum absolute atomic E-state index is 1.69. The summed E-state index contributed by atoms with van der Waals surface area (Å²) in [5.41, 5.74) is 0. The Morgan fingerprint density at radius 1 is 0.216 bits per heavy atom. The van der Waals surface area contributed by atoms with Crippen LogP contribution in [0.5, 0.6) is 0 Å². The van der Waals surface area contributed by atoms with E-state index in [1.54, 1.807) is 6.92 Å². The molecule has 0 saturated carbocycles. The highest BCUT2D eigenvalue weighted by atomic mass is 13.6. The highest BCUT2D eigenvalue weighted by Gasteiger charge is 1.60. The van der Waals surface area contributed by atoms with Crippen molar-refractivity contribution in [2.45, 2.75) is 6.92 Å². The van der Waals surface area contributed by atoms with Crippen LogP contribution in [0.15, 0.2) is 0 Å². The zero-order chi connectivity index (χ0) is 26.7. The van der Waals surface area contributed by atoms with Gasteiger partial charge in [0.05, 0.1) is 0 Å². The molecular weight excluding hydrogens is 444 g/mol. The second kappa shape index (κ2) is 28.1. The quantitative estimate of drug-likeness (QED) is 0.479. The molecule has 0 aromatic heterocycles. The van der Waals surface area contributed by atoms with Crippen molar-refractivity contribution >= 4 is 0 Å². The van der Waals surface area contributed by atoms with Crippen molar-refractivity contribution in [2.75, 3.05) is 0 Å². The van der Waals surface area contributed by atoms with Crippen LogP contribution in [-0.4, -0.2) is 0 Å². The standard InChI is InChI=1S/C37H4/c1-3-5-7-9-11-13-15-17-19-21-23-25-27-29-31-33-35-37-36-34-32-30-28-26-24-22-20-18-16-14-12-10-8-6-4-2/h1H,2H3. The van der Waals surface area contributed by atoms with E-state index in [4.69, 9.17) is 6.42 Å². The van der Waals surface area contributed by atoms with E-state index in [1.165, 1.54) is 0 Å². The van der Waals surface area contributed by atoms with Crippen LogP contribution in [-0.2, 0) is 0 Å². The summed E-state index contributed by atoms with van der Waals surface area (Å²) in [5, 5.41) is 0. The normalized spacial score (nSPS) is 3.89. The van der Waals surface area contributed by atoms with Crippen molar-refractivity contribution in [1.82, 2.24) is 0 Å². The van der Waals surface area contributed by atoms with Gasteiger partial charge in [-0.15, -0.1) is 6.42 Å². The number of terminal acetylenes is 1. The molecule has 0 atom stereocenters. The average Bonchev–Trinajstić information content (AvgIpc) is 2.91. The minimum Gasteiger partial charge on any atom is -0.106 e. The average molecular weight is 448 g/mol. The number of hydrogen-bond acceptors (Lipinski definition) is 0. The predicted octanol–water partition coefficient (Wildman–Crippen LogP) is 0.697. The van der Waals surface area contributed by atoms with Crippen LogP contribution in [0.4, 0.5) is 0 Å². The summed E-state index contributed by atoms with van der Waals surface area (Å²) in [5.74, 6) is 86.9. The van der Waals surface area contributed by atoms with Crippen LogP contribution in [0.1, 0.15) is 6.92 Å². The van der Waals surface area contributed by atoms with Gasteiger partial charge in [0.2, 0.25) is 0 Å². The molecule has 0 saturated heterocycles. The molecule has 0 nitrogen and oxygen atoms in total. The third-order valence-electron chi connectivity index (χ3n) is 2.20. The van der Waals surface area contributed by atoms with E-state index in [1.807, 2.05) is 0 Å². The van der Waals surface area contributed by atoms with E-state index < -0.39 is 0 Å². The SMILES string of the molecule is C#CC#CC#CC#CC#CC#CC#CC#CC#CC#CC#CC#CC#CC#CC#CC#CC#CC#CC. The van der Waals surface area contributed by atoms with E-state index in [0.717, 1.165) is 0 Å². The van der Waals surface area contributed by atoms with Gasteiger partial charge >= 0.3 is 0 Å². The van der Waals surface area contributed by atoms with Gasteiger partial charge in [-0.05, 0) is 102 Å². The molecule has 0 aromatic carbocycles. The second-order valence-electron chi connectivity index (χ2n) is 4.52. The van der Waals surface area contributed by atoms with Crippen LogP contribution in [0.25, 0.3) is 0 Å². The number of hydrogen-bond donors (Lipinski definition) is 0. The third kappa shape index (κ3) is 28.1. The molecule has 0 N–H and O–H groups in total. The highest BCUT2D eigenvalue weighted by Crippen LogP contribution is 1.60. The molecule has 0 fully saturated rings. The Kier molecular flexibility index (Phi) is 22.1. The molecule has 0 radical (unpaired) electrons. The molecule has 0 rings (SSSR count). The molecule has 37 heavy (non-hydrogen) atoms. The van der Waals surface area contributed by atoms with E-state index >= 15 is 0 Å². The first-order valence-corrected chi connectivity index (χ1v) is 9.29. The Hall–Kier alpha value is -7.92. The molecule has 0 aliphatic heterocycles. The predicted molar refractivity (Wildman–Crippen MR) is 147 cm³/mol. The number of rotatable bonds is 0. The lowest BCUT2D eigenvalue weighted by Crippen LogP contribution is -1.57. The smallest absolute Gasteiger partial charge is 0 e. The zero-order valence-electron chi connectivity index (χ0n) is 19.1. The van der Waals surface area contributed by atoms with Crippen LogP contribution in [0, 0.1) is 214 Å². The first-order valence-electron chi connectivity index (χ1n) is 9.29. The van der Waals surface area contributed by atoms with E-state index in [-0.39, 0.29) is 0 Å². The van der Waals surface area contributed by atoms with Crippen LogP contribution < -0.4 is 0 Å². The lowest BCUT2D eigenvalue weighted by molar-refractivity contribution is 1.92. The van der Waals surface area contributed by atoms with Crippen molar-refractivity contribution < 1.29 is 0 Å². The van der Waals surface area contributed by atoms with Gasteiger partial charge in [0, 0.05) is 107 Å². The lowest BCUT2D eigenvalue weighted by atomic mass is 10.4. The summed E-state index contributed by atoms with van der Waals surface area (Å²) in [6, 6.07) is 0. The highest BCUT2D eigenvalue weighted by molar-refractivity contribution is 5.49. The molecule has 0 aromatic rings. The Bertz CT molecular complexity index is 2070. The maximum Gasteiger partial charge on any atom is 0 e. The third-order valence-corrected chi connectivity index (χ3v) is 2.20. The summed E-state index contributed by atoms with van der Waals surface area (Å²) in [7, 11) is 0. The Labute approximate surface area is 220 Å². The summed E-state index contributed by atoms with van der Waals surface area (Å²) >= 11 is 0. The van der Waals surface area contributed by atoms with Gasteiger partial charge < -0.3 is 0 Å². The topological polar surface area (TPSA) is 0 Å². The molecule has 0 aliphatic rings. The van der Waals surface area contributed by atoms with E-state index in [2.05, 4.69) is 207 Å². The summed E-state index contributed by atoms with van der Waals surface area (Å²) in [6.45, 7) is 1.69. The first kappa shape index (κ1) is 29.1. The van der Waals surface area contributed by atoms with Crippen LogP contribution in [0.2, 0.25) is 0 Å². The van der Waals surface area contributed by atoms with Gasteiger partial charge in [0.15, 0.2) is 0 Å². The molecule has 0 amide bonds. The minimum atomic E-state index is 1.69. The largest absolute Gasteiger partial charge is 0.106 e. The van der Waals surface area contributed by atoms with Gasteiger partial charge in [0.1, 0.15) is 0 Å². The molecule has 0 unspecified atom stereocenters. The monoisotopic (exact) mass is 448 g/mol. The van der Waals surface area contributed by atoms with Crippen molar-refractivity contribution in [3.63, 3.8) is 0 Å². The molecule has 0 heterocycles. The van der Waals surface area contributed by atoms with Crippen molar-refractivity contribution in [3.8, 4) is 214 Å². The van der Waals surface area contributed by atoms with E-state index in [0.29, 0.717) is 0 Å². The zero-order valence-corrected chi connectivity index (χ0v) is 19.1. The van der Waals surface area contributed by atoms with Crippen molar-refractivity contribution in [1.29, 1.82) is 0 Å². The first-order chi connectivity index (χ1) is 18.4. The second-order valence-corrected chi connectivity index (χ2v) is 4.52. The molecule has 0 aliphatic carbocycles. The Morgan fingerprint density at radius 2 is 0.351 bits per heavy atom. The van der Waals surface area contributed by atoms with E-state index in [9.17, 15) is 0 Å². The molecular formula is C37H4. The fourth-order valence-corrected chi connectivity index (χ4v) is 1.07. The van der Waals surface area contributed by atoms with Gasteiger partial charge in [0.25, 0.3) is 0 Å². The molecule has 0 bridgehead atoms. The Balaban J connectivity index is 4.51. The maximum absolute atomic E-state index is 4.93. The van der Waals surface area contributed by atoms with Crippen molar-refractivity contribution in [2.24, 2.45) is 0 Å². The summed E-state index contributed by atoms with van der Waals surface area (Å²) < 4.78 is 0. The van der Waals surface area contributed by atoms with Crippen molar-refractivity contribution in [3.05, 3.63) is 0 Å². The van der Waals surface area contributed by atoms with Gasteiger partial charge in [-0.1, -0.05) is 5.92 Å². The van der Waals surface area contributed by atoms with Gasteiger partial charge in [-0.3, -0.25) is 0 Å². The molecule has 152 valence electrons. The Morgan fingerprint density at radius 3 is 0.486 bits per heavy atom. The van der Waals surface area contributed by atoms with Crippen LogP contribution >= 0.6 is 0 Å².